The molecular formula is C13H21N3O2. The molecule has 0 saturated heterocycles. The summed E-state index contributed by atoms with van der Waals surface area (Å²) in [6.45, 7) is 6.42. The normalized spacial score (nSPS) is 12.5. The Hall–Kier alpha value is -1.78. The van der Waals surface area contributed by atoms with Crippen LogP contribution in [0.3, 0.4) is 0 Å². The van der Waals surface area contributed by atoms with Gasteiger partial charge in [-0.15, -0.1) is 0 Å². The SMILES string of the molecule is CC(C)CC(C)N(C)c1cc(N)cc([N+](=O)[O-])c1. The van der Waals surface area contributed by atoms with Crippen molar-refractivity contribution in [2.45, 2.75) is 33.2 Å². The summed E-state index contributed by atoms with van der Waals surface area (Å²) in [5.41, 5.74) is 6.95. The maximum Gasteiger partial charge on any atom is 0.273 e. The molecule has 0 saturated carbocycles. The summed E-state index contributed by atoms with van der Waals surface area (Å²) < 4.78 is 0. The van der Waals surface area contributed by atoms with Crippen molar-refractivity contribution in [2.75, 3.05) is 17.7 Å². The molecule has 0 radical (unpaired) electrons. The number of nitrogen functional groups attached to an aromatic ring is 1. The average Bonchev–Trinajstić information content (AvgIpc) is 2.26. The zero-order valence-corrected chi connectivity index (χ0v) is 11.4. The Bertz CT molecular complexity index is 432. The monoisotopic (exact) mass is 251 g/mol. The van der Waals surface area contributed by atoms with Crippen molar-refractivity contribution in [1.29, 1.82) is 0 Å². The number of nitro groups is 1. The molecule has 0 spiro atoms. The van der Waals surface area contributed by atoms with Gasteiger partial charge in [-0.05, 0) is 25.3 Å². The van der Waals surface area contributed by atoms with Gasteiger partial charge in [0.2, 0.25) is 0 Å². The number of non-ortho nitro benzene ring substituents is 1. The second-order valence-electron chi connectivity index (χ2n) is 5.13. The van der Waals surface area contributed by atoms with Crippen LogP contribution in [0.25, 0.3) is 0 Å². The first-order chi connectivity index (χ1) is 8.31. The third-order valence-electron chi connectivity index (χ3n) is 3.02. The van der Waals surface area contributed by atoms with Crippen LogP contribution in [0, 0.1) is 16.0 Å². The summed E-state index contributed by atoms with van der Waals surface area (Å²) in [6, 6.07) is 5.02. The molecular weight excluding hydrogens is 230 g/mol. The molecule has 0 bridgehead atoms. The van der Waals surface area contributed by atoms with E-state index in [2.05, 4.69) is 20.8 Å². The highest BCUT2D eigenvalue weighted by atomic mass is 16.6. The molecule has 1 aromatic rings. The van der Waals surface area contributed by atoms with Gasteiger partial charge < -0.3 is 10.6 Å². The van der Waals surface area contributed by atoms with Gasteiger partial charge in [-0.25, -0.2) is 0 Å². The van der Waals surface area contributed by atoms with E-state index in [1.165, 1.54) is 6.07 Å². The van der Waals surface area contributed by atoms with Crippen LogP contribution in [0.15, 0.2) is 18.2 Å². The van der Waals surface area contributed by atoms with Gasteiger partial charge in [0.15, 0.2) is 0 Å². The van der Waals surface area contributed by atoms with E-state index >= 15 is 0 Å². The van der Waals surface area contributed by atoms with Crippen LogP contribution in [0.5, 0.6) is 0 Å². The fourth-order valence-electron chi connectivity index (χ4n) is 2.02. The molecule has 1 unspecified atom stereocenters. The van der Waals surface area contributed by atoms with E-state index in [9.17, 15) is 10.1 Å². The molecule has 2 N–H and O–H groups in total. The third kappa shape index (κ3) is 3.61. The Morgan fingerprint density at radius 1 is 1.33 bits per heavy atom. The fourth-order valence-corrected chi connectivity index (χ4v) is 2.02. The van der Waals surface area contributed by atoms with Crippen LogP contribution < -0.4 is 10.6 Å². The number of anilines is 2. The third-order valence-corrected chi connectivity index (χ3v) is 3.02. The van der Waals surface area contributed by atoms with E-state index in [4.69, 9.17) is 5.73 Å². The maximum absolute atomic E-state index is 10.8. The van der Waals surface area contributed by atoms with Gasteiger partial charge in [0.05, 0.1) is 4.92 Å². The van der Waals surface area contributed by atoms with Crippen molar-refractivity contribution in [3.8, 4) is 0 Å². The molecule has 0 fully saturated rings. The lowest BCUT2D eigenvalue weighted by atomic mass is 10.0. The molecule has 0 amide bonds. The van der Waals surface area contributed by atoms with Crippen molar-refractivity contribution < 1.29 is 4.92 Å². The first-order valence-corrected chi connectivity index (χ1v) is 6.09. The predicted octanol–water partition coefficient (Wildman–Crippen LogP) is 3.05. The number of nitrogens with two attached hydrogens (primary N) is 1. The van der Waals surface area contributed by atoms with E-state index in [-0.39, 0.29) is 5.69 Å². The Labute approximate surface area is 108 Å². The van der Waals surface area contributed by atoms with E-state index in [1.807, 2.05) is 11.9 Å². The van der Waals surface area contributed by atoms with Crippen molar-refractivity contribution in [2.24, 2.45) is 5.92 Å². The van der Waals surface area contributed by atoms with Crippen molar-refractivity contribution in [1.82, 2.24) is 0 Å². The molecule has 0 aromatic heterocycles. The van der Waals surface area contributed by atoms with Gasteiger partial charge in [-0.1, -0.05) is 13.8 Å². The molecule has 100 valence electrons. The minimum absolute atomic E-state index is 0.0357. The van der Waals surface area contributed by atoms with Crippen LogP contribution in [-0.4, -0.2) is 18.0 Å². The molecule has 1 atom stereocenters. The zero-order chi connectivity index (χ0) is 13.9. The first-order valence-electron chi connectivity index (χ1n) is 6.09. The molecule has 1 rings (SSSR count). The smallest absolute Gasteiger partial charge is 0.273 e. The number of hydrogen-bond acceptors (Lipinski definition) is 4. The molecule has 0 heterocycles. The Morgan fingerprint density at radius 3 is 2.44 bits per heavy atom. The Kier molecular flexibility index (Phi) is 4.53. The Morgan fingerprint density at radius 2 is 1.94 bits per heavy atom. The number of hydrogen-bond donors (Lipinski definition) is 1. The van der Waals surface area contributed by atoms with E-state index < -0.39 is 4.92 Å². The van der Waals surface area contributed by atoms with Crippen molar-refractivity contribution >= 4 is 17.1 Å². The summed E-state index contributed by atoms with van der Waals surface area (Å²) in [5, 5.41) is 10.8. The van der Waals surface area contributed by atoms with Crippen LogP contribution in [0.1, 0.15) is 27.2 Å². The average molecular weight is 251 g/mol. The van der Waals surface area contributed by atoms with Crippen molar-refractivity contribution in [3.05, 3.63) is 28.3 Å². The van der Waals surface area contributed by atoms with Gasteiger partial charge in [0.1, 0.15) is 0 Å². The van der Waals surface area contributed by atoms with Crippen LogP contribution in [0.2, 0.25) is 0 Å². The Balaban J connectivity index is 2.98. The molecule has 18 heavy (non-hydrogen) atoms. The topological polar surface area (TPSA) is 72.4 Å². The lowest BCUT2D eigenvalue weighted by molar-refractivity contribution is -0.384. The van der Waals surface area contributed by atoms with Gasteiger partial charge in [-0.3, -0.25) is 10.1 Å². The molecule has 0 aliphatic heterocycles. The minimum Gasteiger partial charge on any atom is -0.398 e. The highest BCUT2D eigenvalue weighted by Crippen LogP contribution is 2.27. The molecule has 0 aliphatic carbocycles. The predicted molar refractivity (Wildman–Crippen MR) is 74.8 cm³/mol. The number of nitro benzene ring substituents is 1. The highest BCUT2D eigenvalue weighted by molar-refractivity contribution is 5.62. The van der Waals surface area contributed by atoms with Crippen LogP contribution in [0.4, 0.5) is 17.1 Å². The van der Waals surface area contributed by atoms with Gasteiger partial charge in [-0.2, -0.15) is 0 Å². The molecule has 5 heteroatoms. The maximum atomic E-state index is 10.8. The van der Waals surface area contributed by atoms with E-state index in [0.717, 1.165) is 12.1 Å². The van der Waals surface area contributed by atoms with E-state index in [1.54, 1.807) is 12.1 Å². The number of nitrogens with zero attached hydrogens (tertiary/aromatic N) is 2. The zero-order valence-electron chi connectivity index (χ0n) is 11.4. The summed E-state index contributed by atoms with van der Waals surface area (Å²) >= 11 is 0. The van der Waals surface area contributed by atoms with E-state index in [0.29, 0.717) is 17.6 Å². The largest absolute Gasteiger partial charge is 0.398 e. The van der Waals surface area contributed by atoms with Crippen LogP contribution >= 0.6 is 0 Å². The summed E-state index contributed by atoms with van der Waals surface area (Å²) in [6.07, 6.45) is 1.03. The van der Waals surface area contributed by atoms with Crippen LogP contribution in [-0.2, 0) is 0 Å². The quantitative estimate of drug-likeness (QED) is 0.496. The lowest BCUT2D eigenvalue weighted by Crippen LogP contribution is -2.30. The lowest BCUT2D eigenvalue weighted by Gasteiger charge is -2.28. The van der Waals surface area contributed by atoms with Crippen molar-refractivity contribution in [3.63, 3.8) is 0 Å². The first kappa shape index (κ1) is 14.3. The van der Waals surface area contributed by atoms with Gasteiger partial charge >= 0.3 is 0 Å². The highest BCUT2D eigenvalue weighted by Gasteiger charge is 2.15. The fraction of sp³-hybridized carbons (Fsp3) is 0.538. The second kappa shape index (κ2) is 5.71. The molecule has 0 aliphatic rings. The number of benzene rings is 1. The minimum atomic E-state index is -0.416. The molecule has 5 nitrogen and oxygen atoms in total. The summed E-state index contributed by atoms with van der Waals surface area (Å²) in [7, 11) is 1.94. The summed E-state index contributed by atoms with van der Waals surface area (Å²) in [4.78, 5) is 12.4. The number of rotatable bonds is 5. The summed E-state index contributed by atoms with van der Waals surface area (Å²) in [5.74, 6) is 0.582. The van der Waals surface area contributed by atoms with Gasteiger partial charge in [0, 0.05) is 36.6 Å². The standard InChI is InChI=1S/C13H21N3O2/c1-9(2)5-10(3)15(4)12-6-11(14)7-13(8-12)16(17)18/h6-10H,5,14H2,1-4H3. The second-order valence-corrected chi connectivity index (χ2v) is 5.13. The van der Waals surface area contributed by atoms with Gasteiger partial charge in [0.25, 0.3) is 5.69 Å². The molecule has 1 aromatic carbocycles.